The summed E-state index contributed by atoms with van der Waals surface area (Å²) < 4.78 is 18.7. The summed E-state index contributed by atoms with van der Waals surface area (Å²) in [4.78, 5) is 31.3. The van der Waals surface area contributed by atoms with Crippen molar-refractivity contribution in [2.45, 2.75) is 25.7 Å². The first-order valence-corrected chi connectivity index (χ1v) is 12.6. The number of nitrogens with zero attached hydrogens (tertiary/aromatic N) is 2. The largest absolute Gasteiger partial charge is 0.497 e. The number of aromatic nitrogens is 1. The first kappa shape index (κ1) is 26.6. The molecule has 4 rings (SSSR count). The number of halogens is 2. The van der Waals surface area contributed by atoms with E-state index < -0.39 is 5.97 Å². The molecule has 0 amide bonds. The number of ketones is 1. The van der Waals surface area contributed by atoms with Crippen molar-refractivity contribution in [3.05, 3.63) is 70.6 Å². The minimum atomic E-state index is -0.857. The maximum Gasteiger partial charge on any atom is 0.303 e. The highest BCUT2D eigenvalue weighted by Crippen LogP contribution is 2.33. The number of carbonyl (C=O) groups excluding carboxylic acids is 1. The highest BCUT2D eigenvalue weighted by molar-refractivity contribution is 6.35. The van der Waals surface area contributed by atoms with Gasteiger partial charge in [-0.15, -0.1) is 0 Å². The number of likely N-dealkylation sites (tertiary alicyclic amines) is 1. The summed E-state index contributed by atoms with van der Waals surface area (Å²) in [5.74, 6) is 5.36. The van der Waals surface area contributed by atoms with Crippen molar-refractivity contribution in [1.29, 1.82) is 0 Å². The van der Waals surface area contributed by atoms with Crippen molar-refractivity contribution in [2.24, 2.45) is 11.8 Å². The van der Waals surface area contributed by atoms with Gasteiger partial charge in [-0.25, -0.2) is 4.39 Å². The van der Waals surface area contributed by atoms with Crippen LogP contribution in [0.15, 0.2) is 48.7 Å². The van der Waals surface area contributed by atoms with Crippen LogP contribution in [0.4, 0.5) is 4.39 Å². The first-order valence-electron chi connectivity index (χ1n) is 12.2. The summed E-state index contributed by atoms with van der Waals surface area (Å²) in [6.45, 7) is 1.81. The molecule has 1 N–H and O–H groups in total. The van der Waals surface area contributed by atoms with Crippen LogP contribution in [0.25, 0.3) is 10.9 Å². The maximum absolute atomic E-state index is 13.4. The molecule has 1 aliphatic heterocycles. The molecule has 37 heavy (non-hydrogen) atoms. The number of rotatable bonds is 8. The number of hydrogen-bond donors (Lipinski definition) is 1. The SMILES string of the molecule is COc1ccc2ncc(Cl)c(C(=O)CCC3CCN(CC#Cc4cccc(F)c4)CC3CC(=O)O)c2c1. The van der Waals surface area contributed by atoms with Gasteiger partial charge in [0.25, 0.3) is 0 Å². The Labute approximate surface area is 220 Å². The van der Waals surface area contributed by atoms with E-state index in [0.29, 0.717) is 52.3 Å². The number of carbonyl (C=O) groups is 2. The second-order valence-corrected chi connectivity index (χ2v) is 9.69. The van der Waals surface area contributed by atoms with Gasteiger partial charge in [0.1, 0.15) is 11.6 Å². The van der Waals surface area contributed by atoms with E-state index in [0.717, 1.165) is 13.0 Å². The summed E-state index contributed by atoms with van der Waals surface area (Å²) in [6, 6.07) is 11.5. The van der Waals surface area contributed by atoms with Gasteiger partial charge in [-0.05, 0) is 67.6 Å². The molecule has 0 saturated carbocycles. The van der Waals surface area contributed by atoms with Gasteiger partial charge in [0, 0.05) is 42.1 Å². The van der Waals surface area contributed by atoms with Crippen molar-refractivity contribution in [3.8, 4) is 17.6 Å². The lowest BCUT2D eigenvalue weighted by Crippen LogP contribution is -2.41. The molecule has 1 aromatic heterocycles. The van der Waals surface area contributed by atoms with Crippen molar-refractivity contribution in [1.82, 2.24) is 9.88 Å². The average Bonchev–Trinajstić information content (AvgIpc) is 2.87. The molecule has 0 aliphatic carbocycles. The Balaban J connectivity index is 1.42. The lowest BCUT2D eigenvalue weighted by molar-refractivity contribution is -0.139. The molecule has 2 heterocycles. The minimum Gasteiger partial charge on any atom is -0.497 e. The Morgan fingerprint density at radius 1 is 1.24 bits per heavy atom. The van der Waals surface area contributed by atoms with Crippen LogP contribution in [-0.2, 0) is 4.79 Å². The van der Waals surface area contributed by atoms with E-state index in [1.54, 1.807) is 37.4 Å². The smallest absolute Gasteiger partial charge is 0.303 e. The molecule has 1 aliphatic rings. The van der Waals surface area contributed by atoms with E-state index in [9.17, 15) is 19.1 Å². The summed E-state index contributed by atoms with van der Waals surface area (Å²) in [5.41, 5.74) is 1.69. The monoisotopic (exact) mass is 522 g/mol. The molecule has 3 aromatic rings. The molecule has 1 saturated heterocycles. The van der Waals surface area contributed by atoms with Crippen LogP contribution in [-0.4, -0.2) is 53.5 Å². The van der Waals surface area contributed by atoms with E-state index in [2.05, 4.69) is 21.7 Å². The molecular formula is C29H28ClFN2O4. The number of ether oxygens (including phenoxy) is 1. The Morgan fingerprint density at radius 2 is 2.08 bits per heavy atom. The number of benzene rings is 2. The molecule has 0 spiro atoms. The zero-order valence-corrected chi connectivity index (χ0v) is 21.3. The fourth-order valence-corrected chi connectivity index (χ4v) is 5.21. The van der Waals surface area contributed by atoms with Gasteiger partial charge in [-0.1, -0.05) is 29.5 Å². The molecule has 0 bridgehead atoms. The number of hydrogen-bond acceptors (Lipinski definition) is 5. The second kappa shape index (κ2) is 12.2. The van der Waals surface area contributed by atoms with E-state index >= 15 is 0 Å². The highest BCUT2D eigenvalue weighted by atomic mass is 35.5. The molecular weight excluding hydrogens is 495 g/mol. The third-order valence-corrected chi connectivity index (χ3v) is 7.11. The van der Waals surface area contributed by atoms with Gasteiger partial charge < -0.3 is 9.84 Å². The number of methoxy groups -OCH3 is 1. The van der Waals surface area contributed by atoms with Gasteiger partial charge in [0.15, 0.2) is 5.78 Å². The zero-order chi connectivity index (χ0) is 26.4. The zero-order valence-electron chi connectivity index (χ0n) is 20.5. The predicted octanol–water partition coefficient (Wildman–Crippen LogP) is 5.46. The molecule has 8 heteroatoms. The van der Waals surface area contributed by atoms with Crippen molar-refractivity contribution < 1.29 is 23.8 Å². The highest BCUT2D eigenvalue weighted by Gasteiger charge is 2.31. The Kier molecular flexibility index (Phi) is 8.75. The van der Waals surface area contributed by atoms with Gasteiger partial charge in [-0.3, -0.25) is 19.5 Å². The number of aliphatic carboxylic acids is 1. The molecule has 1 fully saturated rings. The maximum atomic E-state index is 13.4. The number of carboxylic acids is 1. The number of piperidine rings is 1. The lowest BCUT2D eigenvalue weighted by atomic mass is 9.79. The first-order chi connectivity index (χ1) is 17.8. The molecule has 192 valence electrons. The Morgan fingerprint density at radius 3 is 2.84 bits per heavy atom. The predicted molar refractivity (Wildman–Crippen MR) is 140 cm³/mol. The van der Waals surface area contributed by atoms with Crippen molar-refractivity contribution in [2.75, 3.05) is 26.7 Å². The third-order valence-electron chi connectivity index (χ3n) is 6.82. The lowest BCUT2D eigenvalue weighted by Gasteiger charge is -2.37. The van der Waals surface area contributed by atoms with Crippen molar-refractivity contribution >= 4 is 34.3 Å². The van der Waals surface area contributed by atoms with Crippen LogP contribution in [0.3, 0.4) is 0 Å². The fraction of sp³-hybridized carbons (Fsp3) is 0.345. The van der Waals surface area contributed by atoms with Gasteiger partial charge >= 0.3 is 5.97 Å². The summed E-state index contributed by atoms with van der Waals surface area (Å²) in [6.07, 6.45) is 3.12. The van der Waals surface area contributed by atoms with E-state index in [1.165, 1.54) is 18.3 Å². The molecule has 2 atom stereocenters. The topological polar surface area (TPSA) is 79.7 Å². The third kappa shape index (κ3) is 6.85. The van der Waals surface area contributed by atoms with Crippen LogP contribution in [0.1, 0.15) is 41.6 Å². The molecule has 2 aromatic carbocycles. The Hall–Kier alpha value is -3.47. The number of Topliss-reactive ketones (excluding diaryl/α,β-unsaturated/α-hetero) is 1. The standard InChI is InChI=1S/C29H28ClFN2O4/c1-37-23-8-9-26-24(16-23)29(25(30)17-32-26)27(34)10-7-20-11-13-33(18-21(20)15-28(35)36)12-3-5-19-4-2-6-22(31)14-19/h2,4,6,8-9,14,16-17,20-21H,7,10-13,15,18H2,1H3,(H,35,36). The second-order valence-electron chi connectivity index (χ2n) is 9.28. The quantitative estimate of drug-likeness (QED) is 0.312. The van der Waals surface area contributed by atoms with Gasteiger partial charge in [0.2, 0.25) is 0 Å². The van der Waals surface area contributed by atoms with E-state index in [4.69, 9.17) is 16.3 Å². The Bertz CT molecular complexity index is 1370. The van der Waals surface area contributed by atoms with Crippen LogP contribution in [0.5, 0.6) is 5.75 Å². The fourth-order valence-electron chi connectivity index (χ4n) is 4.95. The van der Waals surface area contributed by atoms with E-state index in [-0.39, 0.29) is 36.3 Å². The van der Waals surface area contributed by atoms with Crippen LogP contribution in [0.2, 0.25) is 5.02 Å². The normalized spacial score (nSPS) is 17.7. The minimum absolute atomic E-state index is 0.0306. The molecule has 6 nitrogen and oxygen atoms in total. The number of fused-ring (bicyclic) bond motifs is 1. The number of carboxylic acid groups (broad SMARTS) is 1. The van der Waals surface area contributed by atoms with Gasteiger partial charge in [-0.2, -0.15) is 0 Å². The van der Waals surface area contributed by atoms with E-state index in [1.807, 2.05) is 0 Å². The summed E-state index contributed by atoms with van der Waals surface area (Å²) in [5, 5.41) is 10.4. The van der Waals surface area contributed by atoms with Crippen LogP contribution < -0.4 is 4.74 Å². The van der Waals surface area contributed by atoms with Crippen LogP contribution >= 0.6 is 11.6 Å². The van der Waals surface area contributed by atoms with Crippen molar-refractivity contribution in [3.63, 3.8) is 0 Å². The number of pyridine rings is 1. The molecule has 0 radical (unpaired) electrons. The van der Waals surface area contributed by atoms with Crippen LogP contribution in [0, 0.1) is 29.5 Å². The summed E-state index contributed by atoms with van der Waals surface area (Å²) >= 11 is 6.39. The van der Waals surface area contributed by atoms with Gasteiger partial charge in [0.05, 0.1) is 24.2 Å². The summed E-state index contributed by atoms with van der Waals surface area (Å²) in [7, 11) is 1.56. The molecule has 2 unspecified atom stereocenters. The average molecular weight is 523 g/mol.